The fraction of sp³-hybridized carbons (Fsp3) is 0.525. The van der Waals surface area contributed by atoms with Gasteiger partial charge in [-0.3, -0.25) is 28.8 Å². The number of hydrogen-bond donors (Lipinski definition) is 6. The van der Waals surface area contributed by atoms with Gasteiger partial charge in [0.05, 0.1) is 61.3 Å². The lowest BCUT2D eigenvalue weighted by Crippen LogP contribution is -2.63. The van der Waals surface area contributed by atoms with Crippen molar-refractivity contribution in [3.63, 3.8) is 0 Å². The summed E-state index contributed by atoms with van der Waals surface area (Å²) < 4.78 is 12.8. The summed E-state index contributed by atoms with van der Waals surface area (Å²) in [5.74, 6) is -0.187. The van der Waals surface area contributed by atoms with Gasteiger partial charge in [-0.2, -0.15) is 0 Å². The minimum absolute atomic E-state index is 0.177. The molecule has 4 heterocycles. The maximum atomic E-state index is 14.7. The van der Waals surface area contributed by atoms with Gasteiger partial charge in [0.2, 0.25) is 35.4 Å². The maximum Gasteiger partial charge on any atom is 0.249 e. The van der Waals surface area contributed by atoms with Crippen LogP contribution in [-0.2, 0) is 51.5 Å². The second-order valence-corrected chi connectivity index (χ2v) is 25.3. The van der Waals surface area contributed by atoms with Crippen LogP contribution in [0.25, 0.3) is 10.8 Å². The Hall–Kier alpha value is -5.50. The second-order valence-electron chi connectivity index (χ2n) is 22.7. The topological polar surface area (TPSA) is 200 Å². The lowest BCUT2D eigenvalue weighted by molar-refractivity contribution is -0.147. The molecule has 10 atom stereocenters. The molecule has 0 saturated carbocycles. The number of rotatable bonds is 20. The van der Waals surface area contributed by atoms with Gasteiger partial charge in [-0.1, -0.05) is 113 Å². The molecule has 0 aliphatic carbocycles. The monoisotopic (exact) mass is 1090 g/mol. The largest absolute Gasteiger partial charge is 0.374 e. The summed E-state index contributed by atoms with van der Waals surface area (Å²) in [4.78, 5) is 87.5. The number of carbonyl (C=O) groups excluding carboxylic acids is 6. The maximum absolute atomic E-state index is 14.7. The number of hydrogen-bond acceptors (Lipinski definition) is 12. The average molecular weight is 1090 g/mol. The fourth-order valence-electron chi connectivity index (χ4n) is 11.2. The molecule has 8 rings (SSSR count). The van der Waals surface area contributed by atoms with E-state index in [-0.39, 0.29) is 72.6 Å². The van der Waals surface area contributed by atoms with Gasteiger partial charge in [0.1, 0.15) is 23.7 Å². The molecule has 6 N–H and O–H groups in total. The first kappa shape index (κ1) is 57.7. The smallest absolute Gasteiger partial charge is 0.249 e. The highest BCUT2D eigenvalue weighted by Crippen LogP contribution is 2.49. The van der Waals surface area contributed by atoms with Crippen LogP contribution in [0.4, 0.5) is 0 Å². The Bertz CT molecular complexity index is 2770. The Labute approximate surface area is 462 Å². The number of nitrogens with zero attached hydrogens (tertiary/aromatic N) is 2. The van der Waals surface area contributed by atoms with E-state index in [0.29, 0.717) is 37.2 Å². The van der Waals surface area contributed by atoms with Gasteiger partial charge < -0.3 is 51.2 Å². The third-order valence-electron chi connectivity index (χ3n) is 15.9. The van der Waals surface area contributed by atoms with Crippen molar-refractivity contribution in [2.45, 2.75) is 146 Å². The van der Waals surface area contributed by atoms with Crippen LogP contribution in [0.15, 0.2) is 97.1 Å². The van der Waals surface area contributed by atoms with Crippen LogP contribution in [0.3, 0.4) is 0 Å². The number of amides is 6. The van der Waals surface area contributed by atoms with Crippen molar-refractivity contribution in [1.82, 2.24) is 41.7 Å². The zero-order valence-corrected chi connectivity index (χ0v) is 47.6. The van der Waals surface area contributed by atoms with Crippen LogP contribution >= 0.6 is 23.5 Å². The summed E-state index contributed by atoms with van der Waals surface area (Å²) in [6.45, 7) is 14.3. The molecule has 4 aromatic rings. The summed E-state index contributed by atoms with van der Waals surface area (Å²) in [7, 11) is 3.40. The van der Waals surface area contributed by atoms with Crippen molar-refractivity contribution in [2.75, 3.05) is 38.8 Å². The molecule has 0 radical (unpaired) electrons. The van der Waals surface area contributed by atoms with Crippen molar-refractivity contribution in [2.24, 2.45) is 10.8 Å². The summed E-state index contributed by atoms with van der Waals surface area (Å²) in [5.41, 5.74) is 1.40. The van der Waals surface area contributed by atoms with Gasteiger partial charge in [0, 0.05) is 0 Å². The van der Waals surface area contributed by atoms with E-state index in [1.807, 2.05) is 100 Å². The first-order valence-corrected chi connectivity index (χ1v) is 29.1. The molecule has 4 saturated heterocycles. The van der Waals surface area contributed by atoms with E-state index >= 15 is 0 Å². The van der Waals surface area contributed by atoms with E-state index in [2.05, 4.69) is 56.2 Å². The number of benzene rings is 4. The van der Waals surface area contributed by atoms with Crippen molar-refractivity contribution >= 4 is 69.7 Å². The quantitative estimate of drug-likeness (QED) is 0.0575. The first-order valence-electron chi connectivity index (χ1n) is 27.0. The third-order valence-corrected chi connectivity index (χ3v) is 18.4. The van der Waals surface area contributed by atoms with Crippen LogP contribution in [0.5, 0.6) is 0 Å². The van der Waals surface area contributed by atoms with E-state index in [4.69, 9.17) is 9.47 Å². The van der Waals surface area contributed by atoms with E-state index in [1.54, 1.807) is 68.2 Å². The Morgan fingerprint density at radius 3 is 1.64 bits per heavy atom. The minimum Gasteiger partial charge on any atom is -0.374 e. The zero-order valence-electron chi connectivity index (χ0n) is 46.0. The molecule has 4 aromatic carbocycles. The van der Waals surface area contributed by atoms with Gasteiger partial charge in [-0.25, -0.2) is 0 Å². The molecule has 0 aromatic heterocycles. The number of likely N-dealkylation sites (N-methyl/N-ethyl adjacent to an activating group) is 2. The molecule has 0 bridgehead atoms. The summed E-state index contributed by atoms with van der Waals surface area (Å²) in [5, 5.41) is 20.1. The molecule has 4 fully saturated rings. The van der Waals surface area contributed by atoms with Crippen LogP contribution in [0, 0.1) is 10.8 Å². The molecular formula is C59H78N8O8S2. The minimum atomic E-state index is -1.17. The highest BCUT2D eigenvalue weighted by atomic mass is 32.2. The predicted molar refractivity (Wildman–Crippen MR) is 303 cm³/mol. The molecule has 77 heavy (non-hydrogen) atoms. The standard InChI is InChI=1S/C59H78N8O8S2/c1-36(60-8)51(68)62-44-24-26-76-47-30-57(3,4)49(66(47)55(44)72)53(70)63-45(41-16-12-10-13-17-41)34-74-32-38-20-22-40-23-21-39(29-43(40)28-38)33-75-35-46(42-18-14-11-15-19-42)64-54(71)50-58(5,6)31-48-67(50)56(73)59(7,25-27-77-48)65-52(69)37(2)61-9/h10-23,28-29,36-37,44-50,60-61H,24-27,30-35H2,1-9H3,(H,62,68)(H,63,70)(H,64,71)(H,65,69)/t36-,37-,44-,45+,46+,47-,48-,49+,50+,59+/m0/s1. The Morgan fingerprint density at radius 2 is 1.12 bits per heavy atom. The highest BCUT2D eigenvalue weighted by Gasteiger charge is 2.58. The molecule has 0 spiro atoms. The predicted octanol–water partition coefficient (Wildman–Crippen LogP) is 6.34. The summed E-state index contributed by atoms with van der Waals surface area (Å²) in [6.07, 6.45) is 2.22. The zero-order chi connectivity index (χ0) is 55.2. The van der Waals surface area contributed by atoms with Crippen molar-refractivity contribution < 1.29 is 38.2 Å². The SMILES string of the molecule is CN[C@@H](C)C(=O)N[C@H]1CCS[C@H]2CC(C)(C)[C@@H](C(=O)N[C@H](COCc3ccc4ccc(COC[C@@H](NC(=O)[C@H]5N6C(=O)[C@](C)(NC(=O)[C@H](C)NC)CCS[C@H]6CC5(C)C)c5ccccc5)cc4c3)c3ccccc3)N2C1=O. The summed E-state index contributed by atoms with van der Waals surface area (Å²) >= 11 is 3.32. The van der Waals surface area contributed by atoms with Crippen LogP contribution in [0.2, 0.25) is 0 Å². The first-order chi connectivity index (χ1) is 36.7. The Kier molecular flexibility index (Phi) is 18.5. The number of nitrogens with one attached hydrogen (secondary N) is 6. The lowest BCUT2D eigenvalue weighted by Gasteiger charge is -2.38. The van der Waals surface area contributed by atoms with E-state index in [0.717, 1.165) is 33.0 Å². The molecule has 18 heteroatoms. The number of carbonyl (C=O) groups is 6. The molecule has 16 nitrogen and oxygen atoms in total. The van der Waals surface area contributed by atoms with Crippen LogP contribution in [0.1, 0.15) is 108 Å². The molecule has 4 aliphatic heterocycles. The number of thioether (sulfide) groups is 2. The third kappa shape index (κ3) is 13.2. The molecular weight excluding hydrogens is 1010 g/mol. The van der Waals surface area contributed by atoms with E-state index in [9.17, 15) is 28.8 Å². The average Bonchev–Trinajstić information content (AvgIpc) is 3.92. The second kappa shape index (κ2) is 24.7. The van der Waals surface area contributed by atoms with Gasteiger partial charge in [-0.15, -0.1) is 23.5 Å². The van der Waals surface area contributed by atoms with Gasteiger partial charge in [0.15, 0.2) is 0 Å². The fourth-order valence-corrected chi connectivity index (χ4v) is 14.5. The van der Waals surface area contributed by atoms with Gasteiger partial charge in [-0.05, 0) is 128 Å². The number of ether oxygens (including phenoxy) is 2. The lowest BCUT2D eigenvalue weighted by atomic mass is 9.83. The van der Waals surface area contributed by atoms with E-state index in [1.165, 1.54) is 0 Å². The summed E-state index contributed by atoms with van der Waals surface area (Å²) in [6, 6.07) is 27.5. The Morgan fingerprint density at radius 1 is 0.636 bits per heavy atom. The molecule has 414 valence electrons. The number of fused-ring (bicyclic) bond motifs is 3. The molecule has 6 amide bonds. The van der Waals surface area contributed by atoms with Gasteiger partial charge >= 0.3 is 0 Å². The Balaban J connectivity index is 0.918. The van der Waals surface area contributed by atoms with Crippen LogP contribution < -0.4 is 31.9 Å². The highest BCUT2D eigenvalue weighted by molar-refractivity contribution is 8.00. The van der Waals surface area contributed by atoms with Crippen LogP contribution in [-0.4, -0.2) is 131 Å². The van der Waals surface area contributed by atoms with Crippen molar-refractivity contribution in [3.05, 3.63) is 119 Å². The normalized spacial score (nSPS) is 25.3. The van der Waals surface area contributed by atoms with Crippen molar-refractivity contribution in [1.29, 1.82) is 0 Å². The van der Waals surface area contributed by atoms with E-state index < -0.39 is 58.7 Å². The van der Waals surface area contributed by atoms with Crippen molar-refractivity contribution in [3.8, 4) is 0 Å². The molecule has 0 unspecified atom stereocenters. The van der Waals surface area contributed by atoms with Gasteiger partial charge in [0.25, 0.3) is 0 Å². The molecule has 4 aliphatic rings.